The number of sulfonamides is 1. The minimum atomic E-state index is -3.56. The van der Waals surface area contributed by atoms with E-state index in [1.165, 1.54) is 0 Å². The number of hydrogen-bond acceptors (Lipinski definition) is 2. The molecular weight excluding hydrogens is 386 g/mol. The molecule has 0 radical (unpaired) electrons. The highest BCUT2D eigenvalue weighted by molar-refractivity contribution is 9.10. The number of rotatable bonds is 5. The van der Waals surface area contributed by atoms with E-state index in [1.54, 1.807) is 12.1 Å². The Morgan fingerprint density at radius 2 is 1.71 bits per heavy atom. The van der Waals surface area contributed by atoms with Gasteiger partial charge in [0.2, 0.25) is 10.0 Å². The summed E-state index contributed by atoms with van der Waals surface area (Å²) in [5, 5.41) is 2.17. The lowest BCUT2D eigenvalue weighted by Gasteiger charge is -2.12. The van der Waals surface area contributed by atoms with Crippen molar-refractivity contribution in [1.82, 2.24) is 4.72 Å². The Kier molecular flexibility index (Phi) is 5.04. The van der Waals surface area contributed by atoms with Gasteiger partial charge >= 0.3 is 0 Å². The fourth-order valence-corrected chi connectivity index (χ4v) is 4.49. The van der Waals surface area contributed by atoms with Crippen LogP contribution in [0.15, 0.2) is 70.0 Å². The molecule has 124 valence electrons. The molecule has 3 rings (SSSR count). The van der Waals surface area contributed by atoms with E-state index in [-0.39, 0.29) is 6.54 Å². The summed E-state index contributed by atoms with van der Waals surface area (Å²) in [6.45, 7) is 2.22. The monoisotopic (exact) mass is 403 g/mol. The van der Waals surface area contributed by atoms with Gasteiger partial charge in [-0.1, -0.05) is 65.3 Å². The average molecular weight is 404 g/mol. The topological polar surface area (TPSA) is 46.2 Å². The third kappa shape index (κ3) is 3.53. The first-order valence-electron chi connectivity index (χ1n) is 7.76. The van der Waals surface area contributed by atoms with Gasteiger partial charge in [-0.2, -0.15) is 0 Å². The van der Waals surface area contributed by atoms with E-state index in [9.17, 15) is 8.42 Å². The lowest BCUT2D eigenvalue weighted by Crippen LogP contribution is -2.24. The quantitative estimate of drug-likeness (QED) is 0.673. The molecule has 0 amide bonds. The summed E-state index contributed by atoms with van der Waals surface area (Å²) in [4.78, 5) is 0.341. The summed E-state index contributed by atoms with van der Waals surface area (Å²) in [6.07, 6.45) is 0.657. The van der Waals surface area contributed by atoms with E-state index in [1.807, 2.05) is 55.5 Å². The molecular formula is C19H18BrNO2S. The summed E-state index contributed by atoms with van der Waals surface area (Å²) >= 11 is 3.39. The van der Waals surface area contributed by atoms with E-state index in [0.717, 1.165) is 26.4 Å². The summed E-state index contributed by atoms with van der Waals surface area (Å²) in [5.74, 6) is 0. The van der Waals surface area contributed by atoms with Crippen LogP contribution in [0.3, 0.4) is 0 Å². The van der Waals surface area contributed by atoms with Crippen LogP contribution >= 0.6 is 15.9 Å². The van der Waals surface area contributed by atoms with Gasteiger partial charge < -0.3 is 0 Å². The summed E-state index contributed by atoms with van der Waals surface area (Å²) in [5.41, 5.74) is 1.77. The Morgan fingerprint density at radius 3 is 2.50 bits per heavy atom. The maximum atomic E-state index is 12.7. The number of halogens is 1. The van der Waals surface area contributed by atoms with E-state index in [4.69, 9.17) is 0 Å². The first-order chi connectivity index (χ1) is 11.5. The summed E-state index contributed by atoms with van der Waals surface area (Å²) < 4.78 is 29.0. The number of fused-ring (bicyclic) bond motifs is 1. The SMILES string of the molecule is CCc1cc(Br)ccc1S(=O)(=O)NCc1cccc2ccccc12. The molecule has 5 heteroatoms. The fraction of sp³-hybridized carbons (Fsp3) is 0.158. The molecule has 0 saturated carbocycles. The molecule has 0 unspecified atom stereocenters. The van der Waals surface area contributed by atoms with Crippen molar-refractivity contribution in [3.05, 3.63) is 76.3 Å². The smallest absolute Gasteiger partial charge is 0.207 e. The molecule has 0 saturated heterocycles. The van der Waals surface area contributed by atoms with Gasteiger partial charge in [0.15, 0.2) is 0 Å². The van der Waals surface area contributed by atoms with Crippen LogP contribution in [0, 0.1) is 0 Å². The van der Waals surface area contributed by atoms with Gasteiger partial charge in [0.25, 0.3) is 0 Å². The maximum absolute atomic E-state index is 12.7. The van der Waals surface area contributed by atoms with Crippen LogP contribution in [0.2, 0.25) is 0 Å². The highest BCUT2D eigenvalue weighted by atomic mass is 79.9. The van der Waals surface area contributed by atoms with Crippen LogP contribution in [0.5, 0.6) is 0 Å². The van der Waals surface area contributed by atoms with Crippen LogP contribution in [0.1, 0.15) is 18.1 Å². The second kappa shape index (κ2) is 7.05. The molecule has 24 heavy (non-hydrogen) atoms. The molecule has 0 fully saturated rings. The molecule has 3 aromatic carbocycles. The highest BCUT2D eigenvalue weighted by Crippen LogP contribution is 2.23. The third-order valence-electron chi connectivity index (χ3n) is 4.03. The normalized spacial score (nSPS) is 11.8. The fourth-order valence-electron chi connectivity index (χ4n) is 2.78. The zero-order valence-corrected chi connectivity index (χ0v) is 15.7. The minimum absolute atomic E-state index is 0.267. The molecule has 0 aromatic heterocycles. The average Bonchev–Trinajstić information content (AvgIpc) is 2.59. The van der Waals surface area contributed by atoms with Crippen molar-refractivity contribution in [3.63, 3.8) is 0 Å². The molecule has 0 spiro atoms. The predicted octanol–water partition coefficient (Wildman–Crippen LogP) is 4.64. The van der Waals surface area contributed by atoms with Crippen LogP contribution < -0.4 is 4.72 Å². The van der Waals surface area contributed by atoms with Crippen molar-refractivity contribution in [2.45, 2.75) is 24.8 Å². The van der Waals surface area contributed by atoms with Gasteiger partial charge in [0.05, 0.1) is 4.90 Å². The second-order valence-corrected chi connectivity index (χ2v) is 8.22. The number of nitrogens with one attached hydrogen (secondary N) is 1. The Bertz CT molecular complexity index is 978. The molecule has 1 N–H and O–H groups in total. The van der Waals surface area contributed by atoms with Crippen molar-refractivity contribution < 1.29 is 8.42 Å². The van der Waals surface area contributed by atoms with Gasteiger partial charge in [-0.25, -0.2) is 13.1 Å². The van der Waals surface area contributed by atoms with Crippen molar-refractivity contribution in [3.8, 4) is 0 Å². The first kappa shape index (κ1) is 17.1. The van der Waals surface area contributed by atoms with Gasteiger partial charge in [0.1, 0.15) is 0 Å². The molecule has 0 bridgehead atoms. The molecule has 0 aliphatic carbocycles. The molecule has 0 atom stereocenters. The largest absolute Gasteiger partial charge is 0.241 e. The Labute approximate surface area is 150 Å². The number of aryl methyl sites for hydroxylation is 1. The van der Waals surface area contributed by atoms with E-state index in [2.05, 4.69) is 20.7 Å². The molecule has 0 aliphatic rings. The minimum Gasteiger partial charge on any atom is -0.207 e. The van der Waals surface area contributed by atoms with Crippen LogP contribution in [0.4, 0.5) is 0 Å². The van der Waals surface area contributed by atoms with Gasteiger partial charge in [-0.15, -0.1) is 0 Å². The van der Waals surface area contributed by atoms with Gasteiger partial charge in [-0.3, -0.25) is 0 Å². The zero-order chi connectivity index (χ0) is 17.2. The summed E-state index contributed by atoms with van der Waals surface area (Å²) in [7, 11) is -3.56. The van der Waals surface area contributed by atoms with Crippen LogP contribution in [-0.2, 0) is 23.0 Å². The molecule has 3 aromatic rings. The lowest BCUT2D eigenvalue weighted by atomic mass is 10.1. The third-order valence-corrected chi connectivity index (χ3v) is 6.02. The zero-order valence-electron chi connectivity index (χ0n) is 13.3. The highest BCUT2D eigenvalue weighted by Gasteiger charge is 2.18. The lowest BCUT2D eigenvalue weighted by molar-refractivity contribution is 0.580. The van der Waals surface area contributed by atoms with Crippen LogP contribution in [0.25, 0.3) is 10.8 Å². The maximum Gasteiger partial charge on any atom is 0.241 e. The van der Waals surface area contributed by atoms with Gasteiger partial charge in [0, 0.05) is 11.0 Å². The van der Waals surface area contributed by atoms with Crippen molar-refractivity contribution in [1.29, 1.82) is 0 Å². The van der Waals surface area contributed by atoms with E-state index >= 15 is 0 Å². The molecule has 3 nitrogen and oxygen atoms in total. The van der Waals surface area contributed by atoms with Gasteiger partial charge in [-0.05, 0) is 46.5 Å². The van der Waals surface area contributed by atoms with Crippen LogP contribution in [-0.4, -0.2) is 8.42 Å². The Balaban J connectivity index is 1.90. The summed E-state index contributed by atoms with van der Waals surface area (Å²) in [6, 6.07) is 19.2. The van der Waals surface area contributed by atoms with Crippen molar-refractivity contribution in [2.24, 2.45) is 0 Å². The molecule has 0 heterocycles. The Morgan fingerprint density at radius 1 is 0.958 bits per heavy atom. The Hall–Kier alpha value is -1.69. The number of hydrogen-bond donors (Lipinski definition) is 1. The van der Waals surface area contributed by atoms with E-state index < -0.39 is 10.0 Å². The first-order valence-corrected chi connectivity index (χ1v) is 10.0. The standard InChI is InChI=1S/C19H18BrNO2S/c1-2-14-12-17(20)10-11-19(14)24(22,23)21-13-16-8-5-7-15-6-3-4-9-18(15)16/h3-12,21H,2,13H2,1H3. The van der Waals surface area contributed by atoms with Crippen molar-refractivity contribution in [2.75, 3.05) is 0 Å². The second-order valence-electron chi connectivity index (χ2n) is 5.57. The van der Waals surface area contributed by atoms with E-state index in [0.29, 0.717) is 11.3 Å². The van der Waals surface area contributed by atoms with Crippen molar-refractivity contribution >= 4 is 36.7 Å². The number of benzene rings is 3. The predicted molar refractivity (Wildman–Crippen MR) is 101 cm³/mol. The molecule has 0 aliphatic heterocycles.